The van der Waals surface area contributed by atoms with E-state index >= 15 is 0 Å². The van der Waals surface area contributed by atoms with Crippen LogP contribution in [0.4, 0.5) is 23.7 Å². The molecule has 1 fully saturated rings. The Bertz CT molecular complexity index is 627. The Labute approximate surface area is 159 Å². The van der Waals surface area contributed by atoms with E-state index in [9.17, 15) is 22.5 Å². The molecule has 0 aliphatic carbocycles. The molecule has 27 heavy (non-hydrogen) atoms. The van der Waals surface area contributed by atoms with Crippen molar-refractivity contribution >= 4 is 23.1 Å². The van der Waals surface area contributed by atoms with Gasteiger partial charge in [-0.2, -0.15) is 0 Å². The Morgan fingerprint density at radius 2 is 1.74 bits per heavy atom. The molecule has 0 spiro atoms. The van der Waals surface area contributed by atoms with Gasteiger partial charge in [0.05, 0.1) is 0 Å². The SMILES string of the molecule is CC(C)(C)[S+]([O-])N1CCC(NC(=O)Nc2ccc(OC(F)(F)F)cc2)CC1. The molecule has 1 aromatic rings. The van der Waals surface area contributed by atoms with Crippen molar-refractivity contribution in [3.63, 3.8) is 0 Å². The molecule has 2 N–H and O–H groups in total. The number of amides is 2. The topological polar surface area (TPSA) is 76.7 Å². The van der Waals surface area contributed by atoms with Crippen molar-refractivity contribution in [2.45, 2.75) is 50.8 Å². The fourth-order valence-electron chi connectivity index (χ4n) is 2.65. The number of carbonyl (C=O) groups excluding carboxylic acids is 1. The van der Waals surface area contributed by atoms with Crippen LogP contribution in [0, 0.1) is 0 Å². The summed E-state index contributed by atoms with van der Waals surface area (Å²) in [6.45, 7) is 7.01. The predicted molar refractivity (Wildman–Crippen MR) is 97.8 cm³/mol. The normalized spacial score (nSPS) is 18.0. The zero-order chi connectivity index (χ0) is 20.2. The largest absolute Gasteiger partial charge is 0.598 e. The second-order valence-corrected chi connectivity index (χ2v) is 9.47. The molecule has 152 valence electrons. The zero-order valence-corrected chi connectivity index (χ0v) is 16.2. The number of urea groups is 1. The van der Waals surface area contributed by atoms with E-state index in [1.165, 1.54) is 12.1 Å². The number of rotatable bonds is 4. The van der Waals surface area contributed by atoms with Crippen molar-refractivity contribution in [2.75, 3.05) is 18.4 Å². The molecule has 1 unspecified atom stereocenters. The van der Waals surface area contributed by atoms with E-state index in [2.05, 4.69) is 15.4 Å². The molecule has 0 aromatic heterocycles. The highest BCUT2D eigenvalue weighted by Crippen LogP contribution is 2.25. The van der Waals surface area contributed by atoms with Gasteiger partial charge < -0.3 is 19.9 Å². The van der Waals surface area contributed by atoms with Crippen molar-refractivity contribution in [3.8, 4) is 5.75 Å². The van der Waals surface area contributed by atoms with E-state index in [0.717, 1.165) is 12.1 Å². The maximum Gasteiger partial charge on any atom is 0.573 e. The minimum atomic E-state index is -4.75. The summed E-state index contributed by atoms with van der Waals surface area (Å²) >= 11 is -1.08. The lowest BCUT2D eigenvalue weighted by atomic mass is 10.1. The molecule has 2 amide bonds. The van der Waals surface area contributed by atoms with E-state index in [1.807, 2.05) is 25.1 Å². The monoisotopic (exact) mass is 407 g/mol. The number of nitrogens with one attached hydrogen (secondary N) is 2. The van der Waals surface area contributed by atoms with Gasteiger partial charge in [0.15, 0.2) is 0 Å². The van der Waals surface area contributed by atoms with Crippen LogP contribution in [0.25, 0.3) is 0 Å². The average molecular weight is 407 g/mol. The van der Waals surface area contributed by atoms with E-state index in [-0.39, 0.29) is 16.5 Å². The minimum Gasteiger partial charge on any atom is -0.598 e. The standard InChI is InChI=1S/C17H24F3N3O3S/c1-16(2,3)27(25)23-10-8-13(9-11-23)22-15(24)21-12-4-6-14(7-5-12)26-17(18,19)20/h4-7,13H,8-11H2,1-3H3,(H2,21,22,24). The third-order valence-electron chi connectivity index (χ3n) is 3.89. The zero-order valence-electron chi connectivity index (χ0n) is 15.4. The molecule has 0 bridgehead atoms. The Hall–Kier alpha value is -1.65. The van der Waals surface area contributed by atoms with Crippen molar-refractivity contribution in [1.82, 2.24) is 9.62 Å². The molecule has 1 atom stereocenters. The van der Waals surface area contributed by atoms with Crippen LogP contribution in [0.15, 0.2) is 24.3 Å². The summed E-state index contributed by atoms with van der Waals surface area (Å²) in [6, 6.07) is 4.43. The van der Waals surface area contributed by atoms with Crippen LogP contribution in [0.5, 0.6) is 5.75 Å². The fraction of sp³-hybridized carbons (Fsp3) is 0.588. The lowest BCUT2D eigenvalue weighted by Gasteiger charge is -2.37. The summed E-state index contributed by atoms with van der Waals surface area (Å²) in [5.41, 5.74) is 0.355. The smallest absolute Gasteiger partial charge is 0.573 e. The van der Waals surface area contributed by atoms with Crippen LogP contribution >= 0.6 is 0 Å². The summed E-state index contributed by atoms with van der Waals surface area (Å²) in [6.07, 6.45) is -3.40. The molecule has 1 heterocycles. The first-order chi connectivity index (χ1) is 12.4. The molecule has 1 aliphatic heterocycles. The van der Waals surface area contributed by atoms with Gasteiger partial charge in [-0.3, -0.25) is 0 Å². The molecular formula is C17H24F3N3O3S. The van der Waals surface area contributed by atoms with Gasteiger partial charge in [-0.15, -0.1) is 17.5 Å². The Morgan fingerprint density at radius 1 is 1.19 bits per heavy atom. The Balaban J connectivity index is 1.78. The van der Waals surface area contributed by atoms with Crippen molar-refractivity contribution < 1.29 is 27.3 Å². The molecule has 6 nitrogen and oxygen atoms in total. The molecule has 0 saturated carbocycles. The quantitative estimate of drug-likeness (QED) is 0.748. The van der Waals surface area contributed by atoms with Crippen molar-refractivity contribution in [3.05, 3.63) is 24.3 Å². The third-order valence-corrected chi connectivity index (χ3v) is 5.78. The first kappa shape index (κ1) is 21.6. The van der Waals surface area contributed by atoms with Crippen LogP contribution in [-0.2, 0) is 11.4 Å². The second-order valence-electron chi connectivity index (χ2n) is 7.24. The van der Waals surface area contributed by atoms with Gasteiger partial charge in [0.25, 0.3) is 0 Å². The van der Waals surface area contributed by atoms with Crippen LogP contribution < -0.4 is 15.4 Å². The number of ether oxygens (including phenoxy) is 1. The molecule has 10 heteroatoms. The summed E-state index contributed by atoms with van der Waals surface area (Å²) in [7, 11) is 0. The van der Waals surface area contributed by atoms with E-state index in [0.29, 0.717) is 31.6 Å². The van der Waals surface area contributed by atoms with Crippen molar-refractivity contribution in [1.29, 1.82) is 0 Å². The summed E-state index contributed by atoms with van der Waals surface area (Å²) in [4.78, 5) is 12.1. The lowest BCUT2D eigenvalue weighted by Crippen LogP contribution is -2.51. The molecule has 1 saturated heterocycles. The highest BCUT2D eigenvalue weighted by Gasteiger charge is 2.35. The number of piperidine rings is 1. The number of halogens is 3. The molecule has 1 aromatic carbocycles. The number of anilines is 1. The van der Waals surface area contributed by atoms with Gasteiger partial charge in [0.2, 0.25) is 0 Å². The maximum absolute atomic E-state index is 12.4. The van der Waals surface area contributed by atoms with Gasteiger partial charge >= 0.3 is 12.4 Å². The Morgan fingerprint density at radius 3 is 2.22 bits per heavy atom. The van der Waals surface area contributed by atoms with Gasteiger partial charge in [-0.1, -0.05) is 0 Å². The number of hydrogen-bond acceptors (Lipinski definition) is 4. The second kappa shape index (κ2) is 8.57. The number of hydrogen-bond donors (Lipinski definition) is 2. The molecule has 0 radical (unpaired) electrons. The van der Waals surface area contributed by atoms with E-state index in [4.69, 9.17) is 0 Å². The average Bonchev–Trinajstić information content (AvgIpc) is 2.54. The van der Waals surface area contributed by atoms with Gasteiger partial charge in [-0.25, -0.2) is 4.79 Å². The van der Waals surface area contributed by atoms with Gasteiger partial charge in [0.1, 0.15) is 10.5 Å². The van der Waals surface area contributed by atoms with E-state index < -0.39 is 23.8 Å². The number of nitrogens with zero attached hydrogens (tertiary/aromatic N) is 1. The van der Waals surface area contributed by atoms with Crippen LogP contribution in [0.3, 0.4) is 0 Å². The third kappa shape index (κ3) is 7.11. The first-order valence-corrected chi connectivity index (χ1v) is 9.65. The van der Waals surface area contributed by atoms with Gasteiger partial charge in [0, 0.05) is 36.2 Å². The fourth-order valence-corrected chi connectivity index (χ4v) is 3.96. The maximum atomic E-state index is 12.4. The molecule has 1 aliphatic rings. The van der Waals surface area contributed by atoms with Crippen LogP contribution in [-0.4, -0.2) is 45.1 Å². The highest BCUT2D eigenvalue weighted by atomic mass is 32.2. The minimum absolute atomic E-state index is 0.0499. The molecular weight excluding hydrogens is 383 g/mol. The Kier molecular flexibility index (Phi) is 6.87. The number of alkyl halides is 3. The lowest BCUT2D eigenvalue weighted by molar-refractivity contribution is -0.274. The molecule has 2 rings (SSSR count). The first-order valence-electron chi connectivity index (χ1n) is 8.54. The number of carbonyl (C=O) groups is 1. The van der Waals surface area contributed by atoms with Crippen LogP contribution in [0.2, 0.25) is 0 Å². The van der Waals surface area contributed by atoms with Gasteiger partial charge in [-0.05, 0) is 57.9 Å². The number of benzene rings is 1. The van der Waals surface area contributed by atoms with Crippen molar-refractivity contribution in [2.24, 2.45) is 0 Å². The van der Waals surface area contributed by atoms with E-state index in [1.54, 1.807) is 0 Å². The summed E-state index contributed by atoms with van der Waals surface area (Å²) in [5.74, 6) is -0.354. The van der Waals surface area contributed by atoms with Crippen LogP contribution in [0.1, 0.15) is 33.6 Å². The highest BCUT2D eigenvalue weighted by molar-refractivity contribution is 7.90. The predicted octanol–water partition coefficient (Wildman–Crippen LogP) is 3.63. The summed E-state index contributed by atoms with van der Waals surface area (Å²) < 4.78 is 54.1. The summed E-state index contributed by atoms with van der Waals surface area (Å²) in [5, 5.41) is 5.41.